The predicted octanol–water partition coefficient (Wildman–Crippen LogP) is 5.73. The molecule has 0 unspecified atom stereocenters. The van der Waals surface area contributed by atoms with Crippen LogP contribution in [0.2, 0.25) is 5.02 Å². The first-order valence-corrected chi connectivity index (χ1v) is 12.1. The Kier molecular flexibility index (Phi) is 7.82. The standard InChI is InChI=1S/C27H19ClN2O6S/c1-35-22-11-17(10-21(28)24(22)36-15-16-6-8-18(9-7-16)26(32)33)12-23-25(31)30(27(34)37-23)14-20-5-3-2-4-19(20)13-29/h2-12H,14-15H2,1H3,(H,32,33)/b23-12+. The van der Waals surface area contributed by atoms with E-state index in [0.29, 0.717) is 22.4 Å². The number of rotatable bonds is 8. The fourth-order valence-corrected chi connectivity index (χ4v) is 4.70. The summed E-state index contributed by atoms with van der Waals surface area (Å²) in [6.45, 7) is 0.119. The smallest absolute Gasteiger partial charge is 0.335 e. The van der Waals surface area contributed by atoms with Gasteiger partial charge in [0.15, 0.2) is 11.5 Å². The number of hydrogen-bond donors (Lipinski definition) is 1. The lowest BCUT2D eigenvalue weighted by atomic mass is 10.1. The average molecular weight is 535 g/mol. The number of carbonyl (C=O) groups excluding carboxylic acids is 2. The van der Waals surface area contributed by atoms with Crippen LogP contribution in [0.1, 0.15) is 32.6 Å². The van der Waals surface area contributed by atoms with Crippen molar-refractivity contribution in [3.8, 4) is 17.6 Å². The highest BCUT2D eigenvalue weighted by atomic mass is 35.5. The van der Waals surface area contributed by atoms with Gasteiger partial charge in [-0.1, -0.05) is 41.9 Å². The summed E-state index contributed by atoms with van der Waals surface area (Å²) in [5.41, 5.74) is 2.41. The van der Waals surface area contributed by atoms with E-state index in [2.05, 4.69) is 6.07 Å². The molecule has 8 nitrogen and oxygen atoms in total. The molecule has 0 aromatic heterocycles. The first kappa shape index (κ1) is 25.8. The van der Waals surface area contributed by atoms with E-state index in [1.54, 1.807) is 54.6 Å². The maximum absolute atomic E-state index is 13.0. The number of ether oxygens (including phenoxy) is 2. The summed E-state index contributed by atoms with van der Waals surface area (Å²) in [5, 5.41) is 18.1. The minimum absolute atomic E-state index is 0.00393. The Labute approximate surface area is 221 Å². The van der Waals surface area contributed by atoms with Crippen LogP contribution in [0.5, 0.6) is 11.5 Å². The quantitative estimate of drug-likeness (QED) is 0.364. The van der Waals surface area contributed by atoms with Gasteiger partial charge < -0.3 is 14.6 Å². The highest BCUT2D eigenvalue weighted by Gasteiger charge is 2.35. The zero-order chi connectivity index (χ0) is 26.5. The van der Waals surface area contributed by atoms with Gasteiger partial charge in [0.2, 0.25) is 0 Å². The van der Waals surface area contributed by atoms with E-state index in [1.807, 2.05) is 0 Å². The fourth-order valence-electron chi connectivity index (χ4n) is 3.59. The van der Waals surface area contributed by atoms with E-state index in [9.17, 15) is 19.6 Å². The number of halogens is 1. The van der Waals surface area contributed by atoms with Gasteiger partial charge in [0.1, 0.15) is 6.61 Å². The number of nitriles is 1. The molecule has 3 aromatic carbocycles. The van der Waals surface area contributed by atoms with E-state index < -0.39 is 17.1 Å². The minimum atomic E-state index is -1.02. The van der Waals surface area contributed by atoms with Crippen LogP contribution in [0.15, 0.2) is 65.6 Å². The van der Waals surface area contributed by atoms with Crippen LogP contribution < -0.4 is 9.47 Å². The molecule has 4 rings (SSSR count). The molecule has 1 aliphatic rings. The van der Waals surface area contributed by atoms with E-state index in [-0.39, 0.29) is 34.4 Å². The third-order valence-corrected chi connectivity index (χ3v) is 6.66. The average Bonchev–Trinajstić information content (AvgIpc) is 3.15. The largest absolute Gasteiger partial charge is 0.493 e. The maximum Gasteiger partial charge on any atom is 0.335 e. The molecule has 0 radical (unpaired) electrons. The molecule has 2 amide bonds. The second-order valence-electron chi connectivity index (χ2n) is 7.86. The van der Waals surface area contributed by atoms with Crippen LogP contribution in [-0.4, -0.2) is 34.2 Å². The molecule has 0 atom stereocenters. The molecule has 37 heavy (non-hydrogen) atoms. The Morgan fingerprint density at radius 2 is 1.89 bits per heavy atom. The van der Waals surface area contributed by atoms with E-state index in [4.69, 9.17) is 26.2 Å². The van der Waals surface area contributed by atoms with Crippen molar-refractivity contribution in [2.45, 2.75) is 13.2 Å². The monoisotopic (exact) mass is 534 g/mol. The molecule has 1 saturated heterocycles. The normalized spacial score (nSPS) is 14.1. The van der Waals surface area contributed by atoms with Crippen molar-refractivity contribution in [2.24, 2.45) is 0 Å². The molecule has 0 aliphatic carbocycles. The van der Waals surface area contributed by atoms with Gasteiger partial charge in [-0.15, -0.1) is 0 Å². The lowest BCUT2D eigenvalue weighted by Crippen LogP contribution is -2.27. The molecular formula is C27H19ClN2O6S. The molecule has 1 N–H and O–H groups in total. The Morgan fingerprint density at radius 1 is 1.16 bits per heavy atom. The van der Waals surface area contributed by atoms with Crippen molar-refractivity contribution in [2.75, 3.05) is 7.11 Å². The highest BCUT2D eigenvalue weighted by Crippen LogP contribution is 2.39. The number of carboxylic acids is 1. The Morgan fingerprint density at radius 3 is 2.57 bits per heavy atom. The minimum Gasteiger partial charge on any atom is -0.493 e. The second-order valence-corrected chi connectivity index (χ2v) is 9.26. The Balaban J connectivity index is 1.52. The Hall–Kier alpha value is -4.26. The van der Waals surface area contributed by atoms with E-state index in [0.717, 1.165) is 22.2 Å². The van der Waals surface area contributed by atoms with Crippen molar-refractivity contribution >= 4 is 46.6 Å². The lowest BCUT2D eigenvalue weighted by molar-refractivity contribution is -0.123. The van der Waals surface area contributed by atoms with Crippen LogP contribution in [-0.2, 0) is 17.9 Å². The number of thioether (sulfide) groups is 1. The number of nitrogens with zero attached hydrogens (tertiary/aromatic N) is 2. The van der Waals surface area contributed by atoms with Gasteiger partial charge in [-0.05, 0) is 64.9 Å². The molecule has 3 aromatic rings. The van der Waals surface area contributed by atoms with Gasteiger partial charge in [0, 0.05) is 0 Å². The van der Waals surface area contributed by atoms with Crippen LogP contribution in [0.3, 0.4) is 0 Å². The molecule has 186 valence electrons. The third kappa shape index (κ3) is 5.77. The zero-order valence-electron chi connectivity index (χ0n) is 19.4. The lowest BCUT2D eigenvalue weighted by Gasteiger charge is -2.14. The molecule has 1 heterocycles. The van der Waals surface area contributed by atoms with Crippen molar-refractivity contribution in [1.82, 2.24) is 4.90 Å². The number of hydrogen-bond acceptors (Lipinski definition) is 7. The molecule has 0 spiro atoms. The summed E-state index contributed by atoms with van der Waals surface area (Å²) in [7, 11) is 1.45. The number of carbonyl (C=O) groups is 3. The molecule has 10 heteroatoms. The van der Waals surface area contributed by atoms with Crippen LogP contribution in [0.4, 0.5) is 4.79 Å². The van der Waals surface area contributed by atoms with Crippen LogP contribution >= 0.6 is 23.4 Å². The number of benzene rings is 3. The zero-order valence-corrected chi connectivity index (χ0v) is 21.0. The molecular weight excluding hydrogens is 516 g/mol. The highest BCUT2D eigenvalue weighted by molar-refractivity contribution is 8.18. The first-order chi connectivity index (χ1) is 17.8. The predicted molar refractivity (Wildman–Crippen MR) is 138 cm³/mol. The molecule has 0 bridgehead atoms. The topological polar surface area (TPSA) is 117 Å². The number of amides is 2. The van der Waals surface area contributed by atoms with Gasteiger partial charge in [-0.25, -0.2) is 4.79 Å². The number of carboxylic acid groups (broad SMARTS) is 1. The number of methoxy groups -OCH3 is 1. The van der Waals surface area contributed by atoms with Gasteiger partial charge in [-0.3, -0.25) is 14.5 Å². The number of imide groups is 1. The Bertz CT molecular complexity index is 1460. The molecule has 1 fully saturated rings. The van der Waals surface area contributed by atoms with Gasteiger partial charge in [-0.2, -0.15) is 5.26 Å². The summed E-state index contributed by atoms with van der Waals surface area (Å²) in [6.07, 6.45) is 1.55. The van der Waals surface area contributed by atoms with Crippen LogP contribution in [0, 0.1) is 11.3 Å². The van der Waals surface area contributed by atoms with Crippen molar-refractivity contribution in [3.63, 3.8) is 0 Å². The summed E-state index contributed by atoms with van der Waals surface area (Å²) in [4.78, 5) is 37.8. The van der Waals surface area contributed by atoms with Crippen molar-refractivity contribution in [3.05, 3.63) is 98.4 Å². The van der Waals surface area contributed by atoms with Gasteiger partial charge >= 0.3 is 5.97 Å². The fraction of sp³-hybridized carbons (Fsp3) is 0.111. The summed E-state index contributed by atoms with van der Waals surface area (Å²) in [6, 6.07) is 18.3. The van der Waals surface area contributed by atoms with E-state index >= 15 is 0 Å². The SMILES string of the molecule is COc1cc(/C=C2/SC(=O)N(Cc3ccccc3C#N)C2=O)cc(Cl)c1OCc1ccc(C(=O)O)cc1. The van der Waals surface area contributed by atoms with Gasteiger partial charge in [0.05, 0.1) is 40.8 Å². The second kappa shape index (κ2) is 11.2. The maximum atomic E-state index is 13.0. The summed E-state index contributed by atoms with van der Waals surface area (Å²) in [5.74, 6) is -0.881. The summed E-state index contributed by atoms with van der Waals surface area (Å²) >= 11 is 7.26. The number of aromatic carboxylic acids is 1. The third-order valence-electron chi connectivity index (χ3n) is 5.47. The van der Waals surface area contributed by atoms with Crippen molar-refractivity contribution < 1.29 is 29.0 Å². The van der Waals surface area contributed by atoms with Crippen molar-refractivity contribution in [1.29, 1.82) is 5.26 Å². The molecule has 0 saturated carbocycles. The molecule has 1 aliphatic heterocycles. The summed E-state index contributed by atoms with van der Waals surface area (Å²) < 4.78 is 11.3. The first-order valence-electron chi connectivity index (χ1n) is 10.9. The van der Waals surface area contributed by atoms with E-state index in [1.165, 1.54) is 19.2 Å². The van der Waals surface area contributed by atoms with Gasteiger partial charge in [0.25, 0.3) is 11.1 Å². The van der Waals surface area contributed by atoms with Crippen LogP contribution in [0.25, 0.3) is 6.08 Å².